The Balaban J connectivity index is 4.28. The van der Waals surface area contributed by atoms with Crippen molar-refractivity contribution in [3.8, 4) is 0 Å². The van der Waals surface area contributed by atoms with Crippen LogP contribution in [0.25, 0.3) is 0 Å². The van der Waals surface area contributed by atoms with Gasteiger partial charge >= 0.3 is 0 Å². The summed E-state index contributed by atoms with van der Waals surface area (Å²) in [6, 6.07) is 0. The van der Waals surface area contributed by atoms with Crippen LogP contribution in [0.5, 0.6) is 0 Å². The smallest absolute Gasteiger partial charge is 0.0108 e. The van der Waals surface area contributed by atoms with E-state index < -0.39 is 0 Å². The normalized spacial score (nSPS) is 29.4. The zero-order chi connectivity index (χ0) is 29.9. The van der Waals surface area contributed by atoms with Crippen LogP contribution in [0.1, 0.15) is 163 Å². The van der Waals surface area contributed by atoms with Gasteiger partial charge in [0.15, 0.2) is 0 Å². The van der Waals surface area contributed by atoms with Crippen LogP contribution in [0.3, 0.4) is 0 Å². The van der Waals surface area contributed by atoms with Crippen LogP contribution in [0.2, 0.25) is 0 Å². The third kappa shape index (κ3) is 8.99. The van der Waals surface area contributed by atoms with Crippen molar-refractivity contribution >= 4 is 0 Å². The van der Waals surface area contributed by atoms with Crippen molar-refractivity contribution in [1.29, 1.82) is 0 Å². The van der Waals surface area contributed by atoms with Crippen LogP contribution in [0.15, 0.2) is 23.3 Å². The highest BCUT2D eigenvalue weighted by molar-refractivity contribution is 5.28. The standard InChI is InChI=1S/C38H72/c1-18-21-28-24-29(25-34(6,7)8)37(14,15)33(35(9,10)11)31(23-22-27(4)5)38(16,17)32(30(28)19-2)26-36(12,13)20-3/h25-28,30-31,33H,18-24H2,1-17H3. The van der Waals surface area contributed by atoms with Gasteiger partial charge in [-0.3, -0.25) is 0 Å². The summed E-state index contributed by atoms with van der Waals surface area (Å²) < 4.78 is 0. The minimum absolute atomic E-state index is 0.143. The predicted octanol–water partition coefficient (Wildman–Crippen LogP) is 12.9. The summed E-state index contributed by atoms with van der Waals surface area (Å²) in [7, 11) is 0. The van der Waals surface area contributed by atoms with Gasteiger partial charge in [-0.25, -0.2) is 0 Å². The molecule has 1 saturated carbocycles. The van der Waals surface area contributed by atoms with E-state index in [9.17, 15) is 0 Å². The molecule has 224 valence electrons. The van der Waals surface area contributed by atoms with Gasteiger partial charge in [0.2, 0.25) is 0 Å². The highest BCUT2D eigenvalue weighted by atomic mass is 14.6. The maximum atomic E-state index is 2.79. The molecule has 0 aromatic heterocycles. The lowest BCUT2D eigenvalue weighted by atomic mass is 9.50. The Morgan fingerprint density at radius 3 is 1.76 bits per heavy atom. The van der Waals surface area contributed by atoms with Gasteiger partial charge in [-0.1, -0.05) is 154 Å². The van der Waals surface area contributed by atoms with Crippen molar-refractivity contribution < 1.29 is 0 Å². The molecular weight excluding hydrogens is 456 g/mol. The highest BCUT2D eigenvalue weighted by Gasteiger charge is 2.53. The maximum Gasteiger partial charge on any atom is -0.0108 e. The third-order valence-electron chi connectivity index (χ3n) is 10.3. The summed E-state index contributed by atoms with van der Waals surface area (Å²) in [5.41, 5.74) is 4.46. The SMILES string of the molecule is CCCC1CC(=CC(C)(C)C)C(C)(C)C(C(C)(C)C)C(CCC(C)C)C(C)(C)C(=CC(C)(C)CC)C1CC. The van der Waals surface area contributed by atoms with Crippen LogP contribution in [0, 0.1) is 56.7 Å². The Morgan fingerprint density at radius 1 is 0.816 bits per heavy atom. The number of allylic oxidation sites excluding steroid dienone is 4. The summed E-state index contributed by atoms with van der Waals surface area (Å²) >= 11 is 0. The van der Waals surface area contributed by atoms with Gasteiger partial charge in [-0.15, -0.1) is 0 Å². The Morgan fingerprint density at radius 2 is 1.37 bits per heavy atom. The minimum Gasteiger partial charge on any atom is -0.0794 e. The molecule has 0 aromatic carbocycles. The Bertz CT molecular complexity index is 783. The number of hydrogen-bond donors (Lipinski definition) is 0. The molecule has 4 atom stereocenters. The molecule has 1 aliphatic carbocycles. The van der Waals surface area contributed by atoms with Crippen LogP contribution in [0.4, 0.5) is 0 Å². The molecule has 0 spiro atoms. The van der Waals surface area contributed by atoms with E-state index in [-0.39, 0.29) is 27.1 Å². The van der Waals surface area contributed by atoms with E-state index in [1.54, 1.807) is 11.1 Å². The van der Waals surface area contributed by atoms with E-state index in [4.69, 9.17) is 0 Å². The first-order valence-corrected chi connectivity index (χ1v) is 16.5. The van der Waals surface area contributed by atoms with Crippen LogP contribution >= 0.6 is 0 Å². The number of hydrogen-bond acceptors (Lipinski definition) is 0. The fourth-order valence-electron chi connectivity index (χ4n) is 8.29. The molecule has 0 N–H and O–H groups in total. The average Bonchev–Trinajstić information content (AvgIpc) is 2.74. The van der Waals surface area contributed by atoms with Gasteiger partial charge in [0, 0.05) is 0 Å². The molecule has 38 heavy (non-hydrogen) atoms. The Labute approximate surface area is 242 Å². The summed E-state index contributed by atoms with van der Waals surface area (Å²) in [5.74, 6) is 3.33. The Kier molecular flexibility index (Phi) is 12.1. The summed E-state index contributed by atoms with van der Waals surface area (Å²) in [6.45, 7) is 42.5. The van der Waals surface area contributed by atoms with Crippen molar-refractivity contribution in [3.05, 3.63) is 23.3 Å². The fraction of sp³-hybridized carbons (Fsp3) is 0.895. The fourth-order valence-corrected chi connectivity index (χ4v) is 8.29. The molecule has 0 amide bonds. The van der Waals surface area contributed by atoms with E-state index in [0.717, 1.165) is 5.92 Å². The first-order valence-electron chi connectivity index (χ1n) is 16.5. The lowest BCUT2D eigenvalue weighted by molar-refractivity contribution is -0.00394. The molecular formula is C38H72. The van der Waals surface area contributed by atoms with Gasteiger partial charge in [0.05, 0.1) is 0 Å². The van der Waals surface area contributed by atoms with Crippen molar-refractivity contribution in [1.82, 2.24) is 0 Å². The highest BCUT2D eigenvalue weighted by Crippen LogP contribution is 2.61. The number of rotatable bonds is 8. The predicted molar refractivity (Wildman–Crippen MR) is 175 cm³/mol. The van der Waals surface area contributed by atoms with Crippen LogP contribution in [-0.4, -0.2) is 0 Å². The molecule has 0 aliphatic heterocycles. The first-order chi connectivity index (χ1) is 17.0. The largest absolute Gasteiger partial charge is 0.0794 e. The topological polar surface area (TPSA) is 0 Å². The lowest BCUT2D eigenvalue weighted by Gasteiger charge is -2.54. The minimum atomic E-state index is 0.143. The van der Waals surface area contributed by atoms with Crippen molar-refractivity contribution in [2.45, 2.75) is 163 Å². The zero-order valence-electron chi connectivity index (χ0n) is 29.5. The van der Waals surface area contributed by atoms with Gasteiger partial charge in [0.1, 0.15) is 0 Å². The molecule has 0 heterocycles. The van der Waals surface area contributed by atoms with Gasteiger partial charge in [-0.2, -0.15) is 0 Å². The second-order valence-electron chi connectivity index (χ2n) is 17.6. The average molecular weight is 529 g/mol. The molecule has 4 unspecified atom stereocenters. The van der Waals surface area contributed by atoms with Crippen molar-refractivity contribution in [2.24, 2.45) is 56.7 Å². The summed E-state index contributed by atoms with van der Waals surface area (Å²) in [5, 5.41) is 0. The molecule has 1 aliphatic rings. The maximum absolute atomic E-state index is 2.79. The zero-order valence-corrected chi connectivity index (χ0v) is 29.5. The van der Waals surface area contributed by atoms with Gasteiger partial charge in [0.25, 0.3) is 0 Å². The first kappa shape index (κ1) is 35.5. The van der Waals surface area contributed by atoms with E-state index in [0.29, 0.717) is 23.7 Å². The second-order valence-corrected chi connectivity index (χ2v) is 17.6. The Hall–Kier alpha value is -0.520. The summed E-state index contributed by atoms with van der Waals surface area (Å²) in [4.78, 5) is 0. The van der Waals surface area contributed by atoms with E-state index >= 15 is 0 Å². The van der Waals surface area contributed by atoms with E-state index in [2.05, 4.69) is 130 Å². The van der Waals surface area contributed by atoms with E-state index in [1.165, 1.54) is 44.9 Å². The van der Waals surface area contributed by atoms with Gasteiger partial charge in [-0.05, 0) is 88.8 Å². The lowest BCUT2D eigenvalue weighted by Crippen LogP contribution is -2.47. The molecule has 0 heteroatoms. The van der Waals surface area contributed by atoms with Gasteiger partial charge < -0.3 is 0 Å². The molecule has 0 saturated heterocycles. The van der Waals surface area contributed by atoms with E-state index in [1.807, 2.05) is 0 Å². The molecule has 0 aromatic rings. The van der Waals surface area contributed by atoms with Crippen molar-refractivity contribution in [2.75, 3.05) is 0 Å². The third-order valence-corrected chi connectivity index (χ3v) is 10.3. The van der Waals surface area contributed by atoms with Crippen molar-refractivity contribution in [3.63, 3.8) is 0 Å². The molecule has 0 nitrogen and oxygen atoms in total. The monoisotopic (exact) mass is 529 g/mol. The molecule has 1 rings (SSSR count). The van der Waals surface area contributed by atoms with Crippen LogP contribution < -0.4 is 0 Å². The second kappa shape index (κ2) is 13.0. The molecule has 1 fully saturated rings. The quantitative estimate of drug-likeness (QED) is 0.275. The molecule has 0 radical (unpaired) electrons. The molecule has 0 bridgehead atoms. The van der Waals surface area contributed by atoms with Crippen LogP contribution in [-0.2, 0) is 0 Å². The summed E-state index contributed by atoms with van der Waals surface area (Å²) in [6.07, 6.45) is 14.4.